The van der Waals surface area contributed by atoms with Gasteiger partial charge < -0.3 is 14.4 Å². The minimum Gasteiger partial charge on any atom is -0.481 e. The first-order valence-corrected chi connectivity index (χ1v) is 7.37. The fraction of sp³-hybridized carbons (Fsp3) is 0.125. The van der Waals surface area contributed by atoms with Crippen LogP contribution >= 0.6 is 11.6 Å². The third-order valence-corrected chi connectivity index (χ3v) is 3.66. The molecule has 0 bridgehead atoms. The zero-order valence-corrected chi connectivity index (χ0v) is 13.4. The fourth-order valence-corrected chi connectivity index (χ4v) is 2.49. The van der Waals surface area contributed by atoms with E-state index in [1.54, 1.807) is 0 Å². The molecule has 0 unspecified atom stereocenters. The standard InChI is InChI=1S/C16H8ClF4NO4/c17-10-3-7(16(19,20)21)4-11(18)15(10)25-8-1-2-13-9(5-8)12(22-26-13)6-14(23)24/h1-5H,6H2,(H,23,24). The largest absolute Gasteiger partial charge is 0.481 e. The van der Waals surface area contributed by atoms with Gasteiger partial charge in [0.1, 0.15) is 11.4 Å². The highest BCUT2D eigenvalue weighted by Gasteiger charge is 2.32. The highest BCUT2D eigenvalue weighted by Crippen LogP contribution is 2.39. The third-order valence-electron chi connectivity index (χ3n) is 3.38. The van der Waals surface area contributed by atoms with Crippen LogP contribution in [0.2, 0.25) is 5.02 Å². The van der Waals surface area contributed by atoms with Crippen LogP contribution < -0.4 is 4.74 Å². The number of rotatable bonds is 4. The van der Waals surface area contributed by atoms with E-state index in [1.807, 2.05) is 0 Å². The van der Waals surface area contributed by atoms with Crippen molar-refractivity contribution in [1.82, 2.24) is 5.16 Å². The Labute approximate surface area is 147 Å². The second-order valence-corrected chi connectivity index (χ2v) is 5.63. The summed E-state index contributed by atoms with van der Waals surface area (Å²) in [5.41, 5.74) is -0.852. The summed E-state index contributed by atoms with van der Waals surface area (Å²) in [6, 6.07) is 4.91. The SMILES string of the molecule is O=C(O)Cc1noc2ccc(Oc3c(F)cc(C(F)(F)F)cc3Cl)cc12. The molecule has 26 heavy (non-hydrogen) atoms. The minimum atomic E-state index is -4.75. The number of hydrogen-bond acceptors (Lipinski definition) is 4. The zero-order valence-electron chi connectivity index (χ0n) is 12.6. The number of aliphatic carboxylic acids is 1. The molecule has 136 valence electrons. The van der Waals surface area contributed by atoms with Crippen molar-refractivity contribution in [2.45, 2.75) is 12.6 Å². The highest BCUT2D eigenvalue weighted by molar-refractivity contribution is 6.32. The van der Waals surface area contributed by atoms with E-state index in [2.05, 4.69) is 5.16 Å². The number of carboxylic acids is 1. The highest BCUT2D eigenvalue weighted by atomic mass is 35.5. The Morgan fingerprint density at radius 2 is 2.00 bits per heavy atom. The second kappa shape index (κ2) is 6.49. The Bertz CT molecular complexity index is 977. The Morgan fingerprint density at radius 3 is 2.62 bits per heavy atom. The van der Waals surface area contributed by atoms with Crippen molar-refractivity contribution in [2.75, 3.05) is 0 Å². The van der Waals surface area contributed by atoms with Crippen LogP contribution in [0.5, 0.6) is 11.5 Å². The number of carboxylic acid groups (broad SMARTS) is 1. The lowest BCUT2D eigenvalue weighted by molar-refractivity contribution is -0.138. The van der Waals surface area contributed by atoms with Gasteiger partial charge in [0.05, 0.1) is 17.0 Å². The molecule has 0 aliphatic rings. The number of fused-ring (bicyclic) bond motifs is 1. The van der Waals surface area contributed by atoms with Gasteiger partial charge in [-0.05, 0) is 30.3 Å². The average Bonchev–Trinajstić information content (AvgIpc) is 2.91. The molecule has 1 aromatic heterocycles. The number of alkyl halides is 3. The van der Waals surface area contributed by atoms with Crippen LogP contribution in [-0.4, -0.2) is 16.2 Å². The summed E-state index contributed by atoms with van der Waals surface area (Å²) in [6.45, 7) is 0. The lowest BCUT2D eigenvalue weighted by atomic mass is 10.1. The predicted molar refractivity (Wildman–Crippen MR) is 81.8 cm³/mol. The molecular formula is C16H8ClF4NO4. The summed E-state index contributed by atoms with van der Waals surface area (Å²) in [7, 11) is 0. The minimum absolute atomic E-state index is 0.0212. The van der Waals surface area contributed by atoms with Crippen LogP contribution in [0, 0.1) is 5.82 Å². The first-order valence-electron chi connectivity index (χ1n) is 6.99. The number of hydrogen-bond donors (Lipinski definition) is 1. The molecule has 3 rings (SSSR count). The maximum Gasteiger partial charge on any atom is 0.416 e. The van der Waals surface area contributed by atoms with Gasteiger partial charge in [0, 0.05) is 5.39 Å². The summed E-state index contributed by atoms with van der Waals surface area (Å²) < 4.78 is 62.2. The van der Waals surface area contributed by atoms with E-state index < -0.39 is 40.7 Å². The van der Waals surface area contributed by atoms with Gasteiger partial charge in [0.2, 0.25) is 0 Å². The van der Waals surface area contributed by atoms with Crippen molar-refractivity contribution in [2.24, 2.45) is 0 Å². The summed E-state index contributed by atoms with van der Waals surface area (Å²) >= 11 is 5.71. The first kappa shape index (κ1) is 18.0. The van der Waals surface area contributed by atoms with E-state index >= 15 is 0 Å². The number of ether oxygens (including phenoxy) is 1. The molecule has 10 heteroatoms. The lowest BCUT2D eigenvalue weighted by Gasteiger charge is -2.12. The van der Waals surface area contributed by atoms with Gasteiger partial charge in [0.25, 0.3) is 0 Å². The maximum absolute atomic E-state index is 14.0. The monoisotopic (exact) mass is 389 g/mol. The predicted octanol–water partition coefficient (Wildman–Crippen LogP) is 5.06. The summed E-state index contributed by atoms with van der Waals surface area (Å²) in [5.74, 6) is -2.99. The Kier molecular flexibility index (Phi) is 4.49. The van der Waals surface area contributed by atoms with Gasteiger partial charge in [-0.25, -0.2) is 4.39 Å². The zero-order chi connectivity index (χ0) is 19.1. The second-order valence-electron chi connectivity index (χ2n) is 5.23. The molecule has 1 heterocycles. The van der Waals surface area contributed by atoms with Gasteiger partial charge in [-0.2, -0.15) is 13.2 Å². The van der Waals surface area contributed by atoms with Crippen molar-refractivity contribution >= 4 is 28.5 Å². The fourth-order valence-electron chi connectivity index (χ4n) is 2.24. The van der Waals surface area contributed by atoms with E-state index in [9.17, 15) is 22.4 Å². The van der Waals surface area contributed by atoms with E-state index in [1.165, 1.54) is 18.2 Å². The average molecular weight is 390 g/mol. The Hall–Kier alpha value is -2.81. The van der Waals surface area contributed by atoms with E-state index in [4.69, 9.17) is 26.0 Å². The third kappa shape index (κ3) is 3.57. The summed E-state index contributed by atoms with van der Waals surface area (Å²) in [5, 5.41) is 12.2. The molecule has 1 N–H and O–H groups in total. The molecule has 0 saturated carbocycles. The molecule has 0 radical (unpaired) electrons. The quantitative estimate of drug-likeness (QED) is 0.631. The van der Waals surface area contributed by atoms with Gasteiger partial charge in [0.15, 0.2) is 17.1 Å². The van der Waals surface area contributed by atoms with Crippen molar-refractivity contribution in [1.29, 1.82) is 0 Å². The van der Waals surface area contributed by atoms with Crippen molar-refractivity contribution in [3.05, 3.63) is 52.4 Å². The van der Waals surface area contributed by atoms with Crippen LogP contribution in [-0.2, 0) is 17.4 Å². The number of benzene rings is 2. The lowest BCUT2D eigenvalue weighted by Crippen LogP contribution is -2.06. The number of nitrogens with zero attached hydrogens (tertiary/aromatic N) is 1. The van der Waals surface area contributed by atoms with Gasteiger partial charge in [-0.15, -0.1) is 0 Å². The van der Waals surface area contributed by atoms with Gasteiger partial charge in [-0.3, -0.25) is 4.79 Å². The van der Waals surface area contributed by atoms with Crippen LogP contribution in [0.1, 0.15) is 11.3 Å². The maximum atomic E-state index is 14.0. The normalized spacial score (nSPS) is 11.7. The molecule has 0 spiro atoms. The first-order chi connectivity index (χ1) is 12.1. The molecule has 0 amide bonds. The summed E-state index contributed by atoms with van der Waals surface area (Å²) in [4.78, 5) is 10.8. The van der Waals surface area contributed by atoms with Crippen LogP contribution in [0.3, 0.4) is 0 Å². The molecule has 2 aromatic carbocycles. The van der Waals surface area contributed by atoms with Crippen molar-refractivity contribution < 1.29 is 36.7 Å². The number of halogens is 5. The topological polar surface area (TPSA) is 72.6 Å². The smallest absolute Gasteiger partial charge is 0.416 e. The molecular weight excluding hydrogens is 382 g/mol. The Balaban J connectivity index is 1.97. The van der Waals surface area contributed by atoms with Crippen LogP contribution in [0.25, 0.3) is 11.0 Å². The summed E-state index contributed by atoms with van der Waals surface area (Å²) in [6.07, 6.45) is -5.16. The molecule has 0 fully saturated rings. The van der Waals surface area contributed by atoms with Crippen molar-refractivity contribution in [3.63, 3.8) is 0 Å². The van der Waals surface area contributed by atoms with Crippen molar-refractivity contribution in [3.8, 4) is 11.5 Å². The molecule has 0 atom stereocenters. The number of aromatic nitrogens is 1. The van der Waals surface area contributed by atoms with Crippen LogP contribution in [0.15, 0.2) is 34.9 Å². The molecule has 5 nitrogen and oxygen atoms in total. The molecule has 0 aliphatic carbocycles. The van der Waals surface area contributed by atoms with Gasteiger partial charge in [-0.1, -0.05) is 16.8 Å². The molecule has 0 aliphatic heterocycles. The van der Waals surface area contributed by atoms with E-state index in [0.29, 0.717) is 11.5 Å². The van der Waals surface area contributed by atoms with E-state index in [0.717, 1.165) is 0 Å². The molecule has 3 aromatic rings. The van der Waals surface area contributed by atoms with E-state index in [-0.39, 0.29) is 23.1 Å². The van der Waals surface area contributed by atoms with Gasteiger partial charge >= 0.3 is 12.1 Å². The number of carbonyl (C=O) groups is 1. The Morgan fingerprint density at radius 1 is 1.27 bits per heavy atom. The molecule has 0 saturated heterocycles. The van der Waals surface area contributed by atoms with Crippen LogP contribution in [0.4, 0.5) is 17.6 Å².